The van der Waals surface area contributed by atoms with E-state index < -0.39 is 27.8 Å². The number of hydrogen-bond acceptors (Lipinski definition) is 6. The molecular formula is C22H19F2N5O4S. The van der Waals surface area contributed by atoms with E-state index in [9.17, 15) is 22.0 Å². The maximum Gasteiger partial charge on any atom is 0.432 e. The van der Waals surface area contributed by atoms with Crippen LogP contribution < -0.4 is 10.2 Å². The van der Waals surface area contributed by atoms with Crippen LogP contribution >= 0.6 is 0 Å². The van der Waals surface area contributed by atoms with Crippen molar-refractivity contribution in [3.05, 3.63) is 72.2 Å². The third-order valence-electron chi connectivity index (χ3n) is 4.92. The number of nitrogens with one attached hydrogen (secondary N) is 1. The summed E-state index contributed by atoms with van der Waals surface area (Å²) in [6.45, 7) is 1.59. The van der Waals surface area contributed by atoms with Gasteiger partial charge in [-0.1, -0.05) is 12.1 Å². The first-order valence-electron chi connectivity index (χ1n) is 9.88. The highest BCUT2D eigenvalue weighted by molar-refractivity contribution is 7.89. The predicted octanol–water partition coefficient (Wildman–Crippen LogP) is 3.68. The summed E-state index contributed by atoms with van der Waals surface area (Å²) >= 11 is 0. The van der Waals surface area contributed by atoms with E-state index in [1.807, 2.05) is 0 Å². The summed E-state index contributed by atoms with van der Waals surface area (Å²) in [7, 11) is -1.24. The van der Waals surface area contributed by atoms with Gasteiger partial charge in [-0.2, -0.15) is 0 Å². The molecule has 2 aromatic carbocycles. The first kappa shape index (κ1) is 23.3. The number of ether oxygens (including phenoxy) is 1. The van der Waals surface area contributed by atoms with E-state index in [0.29, 0.717) is 11.3 Å². The number of fused-ring (bicyclic) bond motifs is 1. The van der Waals surface area contributed by atoms with Gasteiger partial charge in [-0.05, 0) is 37.3 Å². The van der Waals surface area contributed by atoms with E-state index in [1.165, 1.54) is 44.6 Å². The van der Waals surface area contributed by atoms with Crippen LogP contribution in [0.4, 0.5) is 13.6 Å². The predicted molar refractivity (Wildman–Crippen MR) is 120 cm³/mol. The van der Waals surface area contributed by atoms with Crippen LogP contribution in [0.25, 0.3) is 22.3 Å². The van der Waals surface area contributed by atoms with Crippen molar-refractivity contribution in [2.75, 3.05) is 19.5 Å². The van der Waals surface area contributed by atoms with E-state index >= 15 is 0 Å². The van der Waals surface area contributed by atoms with Crippen LogP contribution in [0.3, 0.4) is 0 Å². The molecule has 0 fully saturated rings. The number of carbonyl (C=O) groups is 1. The molecule has 4 rings (SSSR count). The molecule has 0 saturated carbocycles. The summed E-state index contributed by atoms with van der Waals surface area (Å²) in [5.41, 5.74) is 3.43. The standard InChI is InChI=1S/C22H19F2N5O4S/c1-13-19(11-25-21(26-13)14-5-4-6-15(23)9-14)33-22(30)27-29-12-20(34(31,32)28(2)3)17-10-16(24)7-8-18(17)29/h4-12H,1-3H3,(H,27,30). The molecule has 0 saturated heterocycles. The van der Waals surface area contributed by atoms with Crippen LogP contribution in [0, 0.1) is 18.6 Å². The zero-order valence-corrected chi connectivity index (χ0v) is 19.1. The highest BCUT2D eigenvalue weighted by Gasteiger charge is 2.25. The molecule has 1 N–H and O–H groups in total. The van der Waals surface area contributed by atoms with Crippen molar-refractivity contribution in [3.63, 3.8) is 0 Å². The molecule has 2 aromatic heterocycles. The number of aryl methyl sites for hydroxylation is 1. The number of amides is 1. The average Bonchev–Trinajstić information content (AvgIpc) is 3.13. The Balaban J connectivity index is 1.61. The van der Waals surface area contributed by atoms with Crippen LogP contribution in [0.15, 0.2) is 59.8 Å². The van der Waals surface area contributed by atoms with Crippen molar-refractivity contribution in [2.24, 2.45) is 0 Å². The van der Waals surface area contributed by atoms with Gasteiger partial charge in [0.2, 0.25) is 10.0 Å². The van der Waals surface area contributed by atoms with Crippen molar-refractivity contribution < 1.29 is 26.7 Å². The molecular weight excluding hydrogens is 468 g/mol. The minimum atomic E-state index is -3.93. The molecule has 0 spiro atoms. The molecule has 34 heavy (non-hydrogen) atoms. The lowest BCUT2D eigenvalue weighted by Crippen LogP contribution is -2.26. The summed E-state index contributed by atoms with van der Waals surface area (Å²) in [6.07, 6.45) is 1.48. The topological polar surface area (TPSA) is 106 Å². The Morgan fingerprint density at radius 3 is 2.53 bits per heavy atom. The third-order valence-corrected chi connectivity index (χ3v) is 6.76. The van der Waals surface area contributed by atoms with Gasteiger partial charge in [0.05, 0.1) is 17.4 Å². The zero-order chi connectivity index (χ0) is 24.6. The van der Waals surface area contributed by atoms with E-state index in [4.69, 9.17) is 4.74 Å². The fourth-order valence-corrected chi connectivity index (χ4v) is 4.28. The van der Waals surface area contributed by atoms with Crippen molar-refractivity contribution in [3.8, 4) is 17.1 Å². The Morgan fingerprint density at radius 2 is 1.85 bits per heavy atom. The average molecular weight is 487 g/mol. The maximum atomic E-state index is 13.8. The highest BCUT2D eigenvalue weighted by atomic mass is 32.2. The number of hydrogen-bond donors (Lipinski definition) is 1. The summed E-state index contributed by atoms with van der Waals surface area (Å²) < 4.78 is 60.0. The Morgan fingerprint density at radius 1 is 1.12 bits per heavy atom. The quantitative estimate of drug-likeness (QED) is 0.460. The Hall–Kier alpha value is -3.90. The fraction of sp³-hybridized carbons (Fsp3) is 0.136. The zero-order valence-electron chi connectivity index (χ0n) is 18.3. The molecule has 0 atom stereocenters. The maximum absolute atomic E-state index is 13.8. The molecule has 12 heteroatoms. The lowest BCUT2D eigenvalue weighted by Gasteiger charge is -2.11. The molecule has 9 nitrogen and oxygen atoms in total. The molecule has 0 radical (unpaired) electrons. The number of nitrogens with zero attached hydrogens (tertiary/aromatic N) is 4. The smallest absolute Gasteiger partial charge is 0.406 e. The molecule has 0 aliphatic carbocycles. The van der Waals surface area contributed by atoms with Crippen molar-refractivity contribution in [1.82, 2.24) is 18.9 Å². The largest absolute Gasteiger partial charge is 0.432 e. The van der Waals surface area contributed by atoms with Gasteiger partial charge < -0.3 is 4.74 Å². The third kappa shape index (κ3) is 4.45. The number of aromatic nitrogens is 3. The molecule has 0 bridgehead atoms. The van der Waals surface area contributed by atoms with E-state index in [1.54, 1.807) is 13.0 Å². The fourth-order valence-electron chi connectivity index (χ4n) is 3.21. The lowest BCUT2D eigenvalue weighted by atomic mass is 10.2. The lowest BCUT2D eigenvalue weighted by molar-refractivity contribution is 0.211. The van der Waals surface area contributed by atoms with Crippen LogP contribution in [0.2, 0.25) is 0 Å². The van der Waals surface area contributed by atoms with Crippen molar-refractivity contribution >= 4 is 27.0 Å². The van der Waals surface area contributed by atoms with Crippen molar-refractivity contribution in [1.29, 1.82) is 0 Å². The molecule has 0 aliphatic rings. The SMILES string of the molecule is Cc1nc(-c2cccc(F)c2)ncc1OC(=O)Nn1cc(S(=O)(=O)N(C)C)c2cc(F)ccc21. The summed E-state index contributed by atoms with van der Waals surface area (Å²) in [5.74, 6) is -0.773. The van der Waals surface area contributed by atoms with E-state index in [2.05, 4.69) is 15.4 Å². The van der Waals surface area contributed by atoms with Gasteiger partial charge in [-0.25, -0.2) is 41.7 Å². The highest BCUT2D eigenvalue weighted by Crippen LogP contribution is 2.27. The van der Waals surface area contributed by atoms with E-state index in [-0.39, 0.29) is 27.4 Å². The Labute approximate surface area is 193 Å². The first-order valence-corrected chi connectivity index (χ1v) is 11.3. The first-order chi connectivity index (χ1) is 16.1. The van der Waals surface area contributed by atoms with Crippen LogP contribution in [-0.2, 0) is 10.0 Å². The summed E-state index contributed by atoms with van der Waals surface area (Å²) in [4.78, 5) is 20.7. The van der Waals surface area contributed by atoms with E-state index in [0.717, 1.165) is 27.3 Å². The number of carbonyl (C=O) groups excluding carboxylic acids is 1. The summed E-state index contributed by atoms with van der Waals surface area (Å²) in [5, 5.41) is 0.0907. The van der Waals surface area contributed by atoms with Gasteiger partial charge in [0.1, 0.15) is 16.5 Å². The molecule has 1 amide bonds. The molecule has 176 valence electrons. The Kier molecular flexibility index (Phi) is 6.02. The van der Waals surface area contributed by atoms with Gasteiger partial charge in [0.25, 0.3) is 0 Å². The van der Waals surface area contributed by atoms with Gasteiger partial charge >= 0.3 is 6.09 Å². The number of halogens is 2. The van der Waals surface area contributed by atoms with Gasteiger partial charge in [0, 0.05) is 31.2 Å². The second-order valence-electron chi connectivity index (χ2n) is 7.47. The normalized spacial score (nSPS) is 11.7. The molecule has 4 aromatic rings. The monoisotopic (exact) mass is 487 g/mol. The second kappa shape index (κ2) is 8.80. The van der Waals surface area contributed by atoms with Gasteiger partial charge in [0.15, 0.2) is 11.6 Å². The van der Waals surface area contributed by atoms with Crippen LogP contribution in [0.1, 0.15) is 5.69 Å². The minimum absolute atomic E-state index is 0.0429. The minimum Gasteiger partial charge on any atom is -0.406 e. The van der Waals surface area contributed by atoms with Gasteiger partial charge in [-0.3, -0.25) is 4.68 Å². The van der Waals surface area contributed by atoms with Crippen LogP contribution in [-0.4, -0.2) is 47.6 Å². The Bertz CT molecular complexity index is 1520. The number of rotatable bonds is 5. The summed E-state index contributed by atoms with van der Waals surface area (Å²) in [6, 6.07) is 9.29. The van der Waals surface area contributed by atoms with Gasteiger partial charge in [-0.15, -0.1) is 0 Å². The second-order valence-corrected chi connectivity index (χ2v) is 9.59. The molecule has 0 unspecified atom stereocenters. The number of benzene rings is 2. The number of sulfonamides is 1. The van der Waals surface area contributed by atoms with Crippen molar-refractivity contribution in [2.45, 2.75) is 11.8 Å². The van der Waals surface area contributed by atoms with Crippen LogP contribution in [0.5, 0.6) is 5.75 Å². The molecule has 0 aliphatic heterocycles. The molecule has 2 heterocycles.